The Morgan fingerprint density at radius 2 is 2.18 bits per heavy atom. The Morgan fingerprint density at radius 3 is 2.71 bits per heavy atom. The molecule has 0 radical (unpaired) electrons. The first-order valence-electron chi connectivity index (χ1n) is 5.30. The number of rotatable bonds is 3. The standard InChI is InChI=1S/C12H15ClN4/c1-17(2)7-9-4-3-8(5-11(9)13)10-6-15-16-12(10)14/h3-6H,7H2,1-2H3,(H3,14,15,16). The molecule has 2 rings (SSSR count). The predicted octanol–water partition coefficient (Wildman–Crippen LogP) is 2.37. The van der Waals surface area contributed by atoms with Crippen LogP contribution in [0.5, 0.6) is 0 Å². The van der Waals surface area contributed by atoms with Crippen LogP contribution in [0.25, 0.3) is 11.1 Å². The topological polar surface area (TPSA) is 57.9 Å². The Balaban J connectivity index is 2.34. The molecule has 2 aromatic rings. The van der Waals surface area contributed by atoms with Crippen LogP contribution >= 0.6 is 11.6 Å². The van der Waals surface area contributed by atoms with Crippen molar-refractivity contribution in [3.8, 4) is 11.1 Å². The molecular formula is C12H15ClN4. The smallest absolute Gasteiger partial charge is 0.126 e. The van der Waals surface area contributed by atoms with E-state index in [1.54, 1.807) is 6.20 Å². The van der Waals surface area contributed by atoms with Crippen LogP contribution in [0.4, 0.5) is 5.82 Å². The van der Waals surface area contributed by atoms with Gasteiger partial charge in [0.2, 0.25) is 0 Å². The third kappa shape index (κ3) is 2.60. The molecule has 3 N–H and O–H groups in total. The number of H-pyrrole nitrogens is 1. The van der Waals surface area contributed by atoms with Crippen molar-refractivity contribution >= 4 is 17.4 Å². The highest BCUT2D eigenvalue weighted by Gasteiger charge is 2.08. The minimum Gasteiger partial charge on any atom is -0.384 e. The zero-order chi connectivity index (χ0) is 12.4. The lowest BCUT2D eigenvalue weighted by molar-refractivity contribution is 0.402. The highest BCUT2D eigenvalue weighted by Crippen LogP contribution is 2.28. The molecule has 0 aliphatic carbocycles. The summed E-state index contributed by atoms with van der Waals surface area (Å²) in [6, 6.07) is 5.94. The van der Waals surface area contributed by atoms with Gasteiger partial charge in [0.1, 0.15) is 5.82 Å². The number of anilines is 1. The molecule has 0 aliphatic rings. The molecule has 0 spiro atoms. The zero-order valence-corrected chi connectivity index (χ0v) is 10.6. The van der Waals surface area contributed by atoms with E-state index in [1.807, 2.05) is 32.3 Å². The monoisotopic (exact) mass is 250 g/mol. The fourth-order valence-electron chi connectivity index (χ4n) is 1.71. The van der Waals surface area contributed by atoms with Crippen LogP contribution in [0.2, 0.25) is 5.02 Å². The molecule has 0 unspecified atom stereocenters. The van der Waals surface area contributed by atoms with Gasteiger partial charge in [0.15, 0.2) is 0 Å². The van der Waals surface area contributed by atoms with Crippen LogP contribution in [-0.2, 0) is 6.54 Å². The number of aromatic amines is 1. The summed E-state index contributed by atoms with van der Waals surface area (Å²) >= 11 is 6.24. The molecular weight excluding hydrogens is 236 g/mol. The van der Waals surface area contributed by atoms with Gasteiger partial charge in [0, 0.05) is 17.1 Å². The number of hydrogen-bond acceptors (Lipinski definition) is 3. The normalized spacial score (nSPS) is 11.1. The van der Waals surface area contributed by atoms with Gasteiger partial charge in [-0.1, -0.05) is 23.7 Å². The largest absolute Gasteiger partial charge is 0.384 e. The summed E-state index contributed by atoms with van der Waals surface area (Å²) in [7, 11) is 4.02. The van der Waals surface area contributed by atoms with Gasteiger partial charge in [-0.05, 0) is 31.3 Å². The molecule has 0 fully saturated rings. The zero-order valence-electron chi connectivity index (χ0n) is 9.87. The average Bonchev–Trinajstić information content (AvgIpc) is 2.67. The fourth-order valence-corrected chi connectivity index (χ4v) is 1.95. The van der Waals surface area contributed by atoms with Gasteiger partial charge >= 0.3 is 0 Å². The summed E-state index contributed by atoms with van der Waals surface area (Å²) in [4.78, 5) is 2.08. The lowest BCUT2D eigenvalue weighted by Crippen LogP contribution is -2.10. The van der Waals surface area contributed by atoms with Gasteiger partial charge in [0.25, 0.3) is 0 Å². The van der Waals surface area contributed by atoms with Crippen molar-refractivity contribution in [3.63, 3.8) is 0 Å². The Labute approximate surface area is 105 Å². The van der Waals surface area contributed by atoms with Crippen LogP contribution in [0.15, 0.2) is 24.4 Å². The first-order chi connectivity index (χ1) is 8.08. The molecule has 0 atom stereocenters. The Kier molecular flexibility index (Phi) is 3.36. The van der Waals surface area contributed by atoms with Crippen LogP contribution in [0, 0.1) is 0 Å². The van der Waals surface area contributed by atoms with Crippen LogP contribution in [0.3, 0.4) is 0 Å². The van der Waals surface area contributed by atoms with E-state index >= 15 is 0 Å². The van der Waals surface area contributed by atoms with Crippen molar-refractivity contribution in [3.05, 3.63) is 35.0 Å². The van der Waals surface area contributed by atoms with Gasteiger partial charge in [-0.3, -0.25) is 5.10 Å². The van der Waals surface area contributed by atoms with E-state index in [9.17, 15) is 0 Å². The summed E-state index contributed by atoms with van der Waals surface area (Å²) in [6.45, 7) is 0.819. The van der Waals surface area contributed by atoms with Gasteiger partial charge in [-0.25, -0.2) is 0 Å². The minimum absolute atomic E-state index is 0.557. The van der Waals surface area contributed by atoms with Crippen molar-refractivity contribution < 1.29 is 0 Å². The molecule has 1 aromatic carbocycles. The Hall–Kier alpha value is -1.52. The summed E-state index contributed by atoms with van der Waals surface area (Å²) in [6.07, 6.45) is 1.70. The van der Waals surface area contributed by atoms with Gasteiger partial charge in [-0.15, -0.1) is 0 Å². The van der Waals surface area contributed by atoms with Crippen LogP contribution in [-0.4, -0.2) is 29.2 Å². The fraction of sp³-hybridized carbons (Fsp3) is 0.250. The molecule has 1 heterocycles. The molecule has 5 heteroatoms. The second-order valence-corrected chi connectivity index (χ2v) is 4.65. The number of hydrogen-bond donors (Lipinski definition) is 2. The van der Waals surface area contributed by atoms with Crippen LogP contribution < -0.4 is 5.73 Å². The minimum atomic E-state index is 0.557. The Bertz CT molecular complexity index is 519. The number of benzene rings is 1. The quantitative estimate of drug-likeness (QED) is 0.879. The van der Waals surface area contributed by atoms with E-state index < -0.39 is 0 Å². The second-order valence-electron chi connectivity index (χ2n) is 4.24. The van der Waals surface area contributed by atoms with E-state index in [1.165, 1.54) is 0 Å². The number of nitrogens with one attached hydrogen (secondary N) is 1. The second kappa shape index (κ2) is 4.77. The molecule has 0 saturated heterocycles. The van der Waals surface area contributed by atoms with Crippen molar-refractivity contribution in [2.75, 3.05) is 19.8 Å². The number of nitrogens with two attached hydrogens (primary N) is 1. The molecule has 0 saturated carbocycles. The first-order valence-corrected chi connectivity index (χ1v) is 5.68. The number of aromatic nitrogens is 2. The summed E-state index contributed by atoms with van der Waals surface area (Å²) < 4.78 is 0. The number of halogens is 1. The lowest BCUT2D eigenvalue weighted by atomic mass is 10.1. The van der Waals surface area contributed by atoms with Crippen molar-refractivity contribution in [2.45, 2.75) is 6.54 Å². The molecule has 0 bridgehead atoms. The van der Waals surface area contributed by atoms with E-state index in [-0.39, 0.29) is 0 Å². The maximum Gasteiger partial charge on any atom is 0.126 e. The van der Waals surface area contributed by atoms with Gasteiger partial charge in [0.05, 0.1) is 6.20 Å². The highest BCUT2D eigenvalue weighted by molar-refractivity contribution is 6.31. The molecule has 90 valence electrons. The number of nitrogens with zero attached hydrogens (tertiary/aromatic N) is 2. The lowest BCUT2D eigenvalue weighted by Gasteiger charge is -2.12. The van der Waals surface area contributed by atoms with E-state index in [0.29, 0.717) is 5.82 Å². The summed E-state index contributed by atoms with van der Waals surface area (Å²) in [5.74, 6) is 0.557. The SMILES string of the molecule is CN(C)Cc1ccc(-c2cn[nH]c2N)cc1Cl. The molecule has 4 nitrogen and oxygen atoms in total. The van der Waals surface area contributed by atoms with E-state index in [2.05, 4.69) is 15.1 Å². The predicted molar refractivity (Wildman–Crippen MR) is 70.8 cm³/mol. The third-order valence-corrected chi connectivity index (χ3v) is 2.87. The summed E-state index contributed by atoms with van der Waals surface area (Å²) in [5, 5.41) is 7.35. The van der Waals surface area contributed by atoms with Gasteiger partial charge in [-0.2, -0.15) is 5.10 Å². The molecule has 0 amide bonds. The third-order valence-electron chi connectivity index (χ3n) is 2.52. The number of nitrogen functional groups attached to an aromatic ring is 1. The highest BCUT2D eigenvalue weighted by atomic mass is 35.5. The molecule has 0 aliphatic heterocycles. The van der Waals surface area contributed by atoms with Crippen molar-refractivity contribution in [1.29, 1.82) is 0 Å². The van der Waals surface area contributed by atoms with Crippen molar-refractivity contribution in [1.82, 2.24) is 15.1 Å². The van der Waals surface area contributed by atoms with Crippen LogP contribution in [0.1, 0.15) is 5.56 Å². The molecule has 17 heavy (non-hydrogen) atoms. The van der Waals surface area contributed by atoms with Crippen molar-refractivity contribution in [2.24, 2.45) is 0 Å². The maximum absolute atomic E-state index is 6.24. The first kappa shape index (κ1) is 12.0. The summed E-state index contributed by atoms with van der Waals surface area (Å²) in [5.41, 5.74) is 8.73. The molecule has 1 aromatic heterocycles. The van der Waals surface area contributed by atoms with Gasteiger partial charge < -0.3 is 10.6 Å². The average molecular weight is 251 g/mol. The van der Waals surface area contributed by atoms with E-state index in [4.69, 9.17) is 17.3 Å². The van der Waals surface area contributed by atoms with E-state index in [0.717, 1.165) is 28.3 Å². The maximum atomic E-state index is 6.24. The Morgan fingerprint density at radius 1 is 1.41 bits per heavy atom.